The second kappa shape index (κ2) is 7.61. The minimum Gasteiger partial charge on any atom is -0.374 e. The lowest BCUT2D eigenvalue weighted by Gasteiger charge is -2.33. The predicted molar refractivity (Wildman–Crippen MR) is 80.2 cm³/mol. The van der Waals surface area contributed by atoms with Gasteiger partial charge in [0.2, 0.25) is 0 Å². The molecule has 2 fully saturated rings. The second-order valence-electron chi connectivity index (χ2n) is 6.49. The molecule has 4 unspecified atom stereocenters. The summed E-state index contributed by atoms with van der Waals surface area (Å²) in [4.78, 5) is 2.62. The normalized spacial score (nSPS) is 35.2. The highest BCUT2D eigenvalue weighted by Gasteiger charge is 2.33. The van der Waals surface area contributed by atoms with Crippen LogP contribution >= 0.6 is 0 Å². The van der Waals surface area contributed by atoms with Crippen molar-refractivity contribution in [3.8, 4) is 0 Å². The molecule has 2 rings (SSSR count). The Bertz CT molecular complexity index is 259. The van der Waals surface area contributed by atoms with Crippen LogP contribution in [0.4, 0.5) is 0 Å². The Morgan fingerprint density at radius 3 is 2.68 bits per heavy atom. The molecule has 0 amide bonds. The van der Waals surface area contributed by atoms with Crippen molar-refractivity contribution < 1.29 is 4.74 Å². The van der Waals surface area contributed by atoms with Crippen molar-refractivity contribution in [3.05, 3.63) is 0 Å². The van der Waals surface area contributed by atoms with E-state index in [1.54, 1.807) is 0 Å². The van der Waals surface area contributed by atoms with Gasteiger partial charge in [-0.15, -0.1) is 0 Å². The summed E-state index contributed by atoms with van der Waals surface area (Å²) in [6.07, 6.45) is 10.0. The molecule has 0 saturated carbocycles. The number of nitrogens with two attached hydrogens (primary N) is 1. The molecule has 112 valence electrons. The molecule has 0 radical (unpaired) electrons. The first-order valence-electron chi connectivity index (χ1n) is 8.34. The lowest BCUT2D eigenvalue weighted by molar-refractivity contribution is -0.00372. The number of rotatable bonds is 5. The van der Waals surface area contributed by atoms with Crippen molar-refractivity contribution in [2.45, 2.75) is 77.0 Å². The molecule has 4 atom stereocenters. The number of hydrogen-bond acceptors (Lipinski definition) is 3. The van der Waals surface area contributed by atoms with Gasteiger partial charge in [-0.05, 0) is 58.0 Å². The summed E-state index contributed by atoms with van der Waals surface area (Å²) in [5.74, 6) is 0.942. The Kier molecular flexibility index (Phi) is 6.11. The predicted octanol–water partition coefficient (Wildman–Crippen LogP) is 2.78. The minimum absolute atomic E-state index is 0.378. The van der Waals surface area contributed by atoms with Gasteiger partial charge in [0.15, 0.2) is 0 Å². The van der Waals surface area contributed by atoms with Crippen LogP contribution in [0.2, 0.25) is 0 Å². The topological polar surface area (TPSA) is 38.5 Å². The largest absolute Gasteiger partial charge is 0.374 e. The lowest BCUT2D eigenvalue weighted by atomic mass is 9.96. The van der Waals surface area contributed by atoms with Gasteiger partial charge >= 0.3 is 0 Å². The van der Waals surface area contributed by atoms with E-state index in [1.807, 2.05) is 0 Å². The van der Waals surface area contributed by atoms with Crippen molar-refractivity contribution in [2.24, 2.45) is 11.7 Å². The van der Waals surface area contributed by atoms with Gasteiger partial charge in [-0.2, -0.15) is 0 Å². The van der Waals surface area contributed by atoms with Crippen LogP contribution in [-0.4, -0.2) is 42.8 Å². The highest BCUT2D eigenvalue weighted by molar-refractivity contribution is 4.87. The first kappa shape index (κ1) is 15.3. The molecule has 2 aliphatic heterocycles. The molecule has 0 aliphatic carbocycles. The molecular weight excluding hydrogens is 236 g/mol. The minimum atomic E-state index is 0.378. The standard InChI is InChI=1S/C16H32N2O/c1-3-5-14-6-4-10-18(11-9-14)15(12-17)16-8-7-13(2)19-16/h13-16H,3-12,17H2,1-2H3. The molecule has 0 aromatic rings. The molecule has 2 N–H and O–H groups in total. The van der Waals surface area contributed by atoms with Crippen molar-refractivity contribution >= 4 is 0 Å². The fourth-order valence-corrected chi connectivity index (χ4v) is 3.87. The van der Waals surface area contributed by atoms with Gasteiger partial charge < -0.3 is 10.5 Å². The van der Waals surface area contributed by atoms with E-state index in [4.69, 9.17) is 10.5 Å². The Labute approximate surface area is 118 Å². The third-order valence-corrected chi connectivity index (χ3v) is 4.98. The third-order valence-electron chi connectivity index (χ3n) is 4.98. The fraction of sp³-hybridized carbons (Fsp3) is 1.00. The smallest absolute Gasteiger partial charge is 0.0747 e. The molecule has 0 aromatic carbocycles. The summed E-state index contributed by atoms with van der Waals surface area (Å²) in [5.41, 5.74) is 6.05. The van der Waals surface area contributed by atoms with Crippen LogP contribution in [0.1, 0.15) is 58.8 Å². The number of likely N-dealkylation sites (tertiary alicyclic amines) is 1. The Morgan fingerprint density at radius 2 is 2.05 bits per heavy atom. The second-order valence-corrected chi connectivity index (χ2v) is 6.49. The zero-order chi connectivity index (χ0) is 13.7. The maximum atomic E-state index is 6.06. The van der Waals surface area contributed by atoms with E-state index in [0.717, 1.165) is 12.5 Å². The first-order valence-corrected chi connectivity index (χ1v) is 8.34. The average molecular weight is 268 g/mol. The van der Waals surface area contributed by atoms with Crippen LogP contribution in [0.15, 0.2) is 0 Å². The van der Waals surface area contributed by atoms with E-state index in [0.29, 0.717) is 18.2 Å². The molecule has 0 spiro atoms. The van der Waals surface area contributed by atoms with E-state index >= 15 is 0 Å². The number of ether oxygens (including phenoxy) is 1. The van der Waals surface area contributed by atoms with Gasteiger partial charge in [0.1, 0.15) is 0 Å². The Morgan fingerprint density at radius 1 is 1.21 bits per heavy atom. The fourth-order valence-electron chi connectivity index (χ4n) is 3.87. The molecule has 2 aliphatic rings. The summed E-state index contributed by atoms with van der Waals surface area (Å²) < 4.78 is 6.06. The Balaban J connectivity index is 1.88. The average Bonchev–Trinajstić information content (AvgIpc) is 2.69. The van der Waals surface area contributed by atoms with Gasteiger partial charge in [-0.1, -0.05) is 19.8 Å². The van der Waals surface area contributed by atoms with Crippen LogP contribution in [0.3, 0.4) is 0 Å². The SMILES string of the molecule is CCCC1CCCN(C(CN)C2CCC(C)O2)CC1. The monoisotopic (exact) mass is 268 g/mol. The van der Waals surface area contributed by atoms with Gasteiger partial charge in [0, 0.05) is 12.6 Å². The van der Waals surface area contributed by atoms with E-state index in [1.165, 1.54) is 58.0 Å². The van der Waals surface area contributed by atoms with E-state index in [-0.39, 0.29) is 0 Å². The maximum absolute atomic E-state index is 6.06. The van der Waals surface area contributed by atoms with Crippen molar-refractivity contribution in [2.75, 3.05) is 19.6 Å². The van der Waals surface area contributed by atoms with Crippen molar-refractivity contribution in [1.82, 2.24) is 4.90 Å². The van der Waals surface area contributed by atoms with Gasteiger partial charge in [-0.3, -0.25) is 4.90 Å². The zero-order valence-corrected chi connectivity index (χ0v) is 12.8. The zero-order valence-electron chi connectivity index (χ0n) is 12.8. The Hall–Kier alpha value is -0.120. The van der Waals surface area contributed by atoms with Crippen LogP contribution in [-0.2, 0) is 4.74 Å². The molecular formula is C16H32N2O. The first-order chi connectivity index (χ1) is 9.24. The van der Waals surface area contributed by atoms with E-state index < -0.39 is 0 Å². The maximum Gasteiger partial charge on any atom is 0.0747 e. The highest BCUT2D eigenvalue weighted by atomic mass is 16.5. The van der Waals surface area contributed by atoms with Gasteiger partial charge in [0.05, 0.1) is 12.2 Å². The summed E-state index contributed by atoms with van der Waals surface area (Å²) in [5, 5.41) is 0. The molecule has 19 heavy (non-hydrogen) atoms. The number of hydrogen-bond donors (Lipinski definition) is 1. The van der Waals surface area contributed by atoms with E-state index in [9.17, 15) is 0 Å². The van der Waals surface area contributed by atoms with Crippen LogP contribution < -0.4 is 5.73 Å². The van der Waals surface area contributed by atoms with Crippen LogP contribution in [0.25, 0.3) is 0 Å². The third kappa shape index (κ3) is 4.17. The quantitative estimate of drug-likeness (QED) is 0.833. The lowest BCUT2D eigenvalue weighted by Crippen LogP contribution is -2.48. The molecule has 3 nitrogen and oxygen atoms in total. The summed E-state index contributed by atoms with van der Waals surface area (Å²) >= 11 is 0. The summed E-state index contributed by atoms with van der Waals surface area (Å²) in [6, 6.07) is 0.449. The van der Waals surface area contributed by atoms with Crippen molar-refractivity contribution in [3.63, 3.8) is 0 Å². The van der Waals surface area contributed by atoms with Gasteiger partial charge in [-0.25, -0.2) is 0 Å². The van der Waals surface area contributed by atoms with Crippen LogP contribution in [0.5, 0.6) is 0 Å². The van der Waals surface area contributed by atoms with Crippen LogP contribution in [0, 0.1) is 5.92 Å². The summed E-state index contributed by atoms with van der Waals surface area (Å²) in [7, 11) is 0. The molecule has 0 aromatic heterocycles. The molecule has 0 bridgehead atoms. The molecule has 2 saturated heterocycles. The van der Waals surface area contributed by atoms with E-state index in [2.05, 4.69) is 18.7 Å². The molecule has 3 heteroatoms. The van der Waals surface area contributed by atoms with Gasteiger partial charge in [0.25, 0.3) is 0 Å². The highest BCUT2D eigenvalue weighted by Crippen LogP contribution is 2.28. The van der Waals surface area contributed by atoms with Crippen molar-refractivity contribution in [1.29, 1.82) is 0 Å². The summed E-state index contributed by atoms with van der Waals surface area (Å²) in [6.45, 7) is 7.68. The number of nitrogens with zero attached hydrogens (tertiary/aromatic N) is 1. The molecule has 2 heterocycles.